The minimum atomic E-state index is -0.915. The van der Waals surface area contributed by atoms with Gasteiger partial charge < -0.3 is 66.1 Å². The third-order valence-electron chi connectivity index (χ3n) is 13.3. The summed E-state index contributed by atoms with van der Waals surface area (Å²) in [6.07, 6.45) is 6.95. The summed E-state index contributed by atoms with van der Waals surface area (Å²) in [6, 6.07) is 6.95. The number of pyridine rings is 1. The molecule has 2 fully saturated rings. The first-order chi connectivity index (χ1) is 35.6. The number of nitrogens with zero attached hydrogens (tertiary/aromatic N) is 8. The number of aliphatic carboxylic acids is 1. The van der Waals surface area contributed by atoms with Crippen molar-refractivity contribution in [2.75, 3.05) is 117 Å². The van der Waals surface area contributed by atoms with Crippen molar-refractivity contribution in [2.45, 2.75) is 149 Å². The van der Waals surface area contributed by atoms with E-state index in [0.29, 0.717) is 43.7 Å². The van der Waals surface area contributed by atoms with Crippen LogP contribution in [0, 0.1) is 23.0 Å². The molecule has 0 aliphatic carbocycles. The third kappa shape index (κ3) is 32.6. The molecule has 1 amide bonds. The van der Waals surface area contributed by atoms with Crippen LogP contribution in [0.5, 0.6) is 5.75 Å². The molecule has 3 radical (unpaired) electrons. The van der Waals surface area contributed by atoms with E-state index in [4.69, 9.17) is 36.8 Å². The van der Waals surface area contributed by atoms with Crippen molar-refractivity contribution >= 4 is 26.1 Å². The molecular formula is C55H105BF2N11O9. The van der Waals surface area contributed by atoms with Crippen molar-refractivity contribution in [1.82, 2.24) is 39.3 Å². The van der Waals surface area contributed by atoms with E-state index in [0.717, 1.165) is 64.8 Å². The van der Waals surface area contributed by atoms with Crippen LogP contribution in [-0.2, 0) is 22.5 Å². The maximum absolute atomic E-state index is 13.8. The van der Waals surface area contributed by atoms with E-state index in [2.05, 4.69) is 56.1 Å². The number of nitriles is 1. The molecule has 1 unspecified atom stereocenters. The number of aliphatic hydroxyl groups is 2. The van der Waals surface area contributed by atoms with Crippen molar-refractivity contribution in [3.8, 4) is 11.8 Å². The molecule has 3 aliphatic heterocycles. The number of halogens is 2. The van der Waals surface area contributed by atoms with Crippen molar-refractivity contribution in [1.29, 1.82) is 5.26 Å². The first kappa shape index (κ1) is 82.4. The number of hydrogen-bond donors (Lipinski definition) is 7. The van der Waals surface area contributed by atoms with Crippen molar-refractivity contribution in [3.63, 3.8) is 0 Å². The Kier molecular flexibility index (Phi) is 48.9. The van der Waals surface area contributed by atoms with Crippen LogP contribution >= 0.6 is 0 Å². The normalized spacial score (nSPS) is 16.9. The highest BCUT2D eigenvalue weighted by Gasteiger charge is 2.41. The van der Waals surface area contributed by atoms with Gasteiger partial charge in [0.2, 0.25) is 5.43 Å². The molecule has 23 heteroatoms. The zero-order valence-corrected chi connectivity index (χ0v) is 49.9. The number of hydrogen-bond acceptors (Lipinski definition) is 17. The van der Waals surface area contributed by atoms with E-state index in [1.807, 2.05) is 65.9 Å². The second kappa shape index (κ2) is 46.3. The molecule has 0 bridgehead atoms. The summed E-state index contributed by atoms with van der Waals surface area (Å²) >= 11 is 0. The summed E-state index contributed by atoms with van der Waals surface area (Å²) in [7, 11) is 20.3. The quantitative estimate of drug-likeness (QED) is 0.0930. The number of carboxylic acid groups (broad SMARTS) is 1. The summed E-state index contributed by atoms with van der Waals surface area (Å²) in [4.78, 5) is 59.9. The Labute approximate surface area is 470 Å². The number of carbonyl (C=O) groups is 3. The average Bonchev–Trinajstić information content (AvgIpc) is 3.98. The number of amides is 1. The second-order valence-corrected chi connectivity index (χ2v) is 19.8. The summed E-state index contributed by atoms with van der Waals surface area (Å²) < 4.78 is 33.3. The lowest BCUT2D eigenvalue weighted by atomic mass is 10.0. The van der Waals surface area contributed by atoms with Crippen LogP contribution in [0.3, 0.4) is 0 Å². The van der Waals surface area contributed by atoms with Gasteiger partial charge in [0, 0.05) is 84.2 Å². The van der Waals surface area contributed by atoms with Gasteiger partial charge in [-0.25, -0.2) is 8.78 Å². The smallest absolute Gasteiger partial charge is 0.320 e. The van der Waals surface area contributed by atoms with E-state index in [1.165, 1.54) is 29.7 Å². The fourth-order valence-corrected chi connectivity index (χ4v) is 6.40. The number of fused-ring (bicyclic) bond motifs is 2. The number of benzene rings is 1. The number of Topliss-reactive ketones (excluding diaryl/α,β-unsaturated/α-hetero) is 1. The number of carboxylic acids is 1. The largest absolute Gasteiger partial charge is 0.503 e. The van der Waals surface area contributed by atoms with Gasteiger partial charge in [-0.2, -0.15) is 5.26 Å². The lowest BCUT2D eigenvalue weighted by Gasteiger charge is -2.48. The molecule has 0 saturated carbocycles. The summed E-state index contributed by atoms with van der Waals surface area (Å²) in [5.74, 6) is -4.04. The zero-order chi connectivity index (χ0) is 59.4. The summed E-state index contributed by atoms with van der Waals surface area (Å²) in [5.41, 5.74) is 9.47. The van der Waals surface area contributed by atoms with E-state index < -0.39 is 40.5 Å². The number of ether oxygens (including phenoxy) is 1. The van der Waals surface area contributed by atoms with E-state index in [-0.39, 0.29) is 70.4 Å². The lowest BCUT2D eigenvalue weighted by molar-refractivity contribution is -0.141. The Bertz CT molecular complexity index is 2000. The van der Waals surface area contributed by atoms with Crippen LogP contribution in [-0.4, -0.2) is 240 Å². The maximum Gasteiger partial charge on any atom is 0.320 e. The SMILES string of the molecule is C.C1CCOC1.CN[C@@H](C)CCN.CO.C[C@@H](C(=O)O)N(C)C.C[C@@H](CC#N)N(C)C.C[C@@H](CCN)N(C)C.C[C@@H](CO)N(C)C.C[C@H]1CCN2C(=O)c3c(O)c(=O)c(C(=O)CCc4ccc(F)cc4F)cn3CC2N1C.[B]. The van der Waals surface area contributed by atoms with Gasteiger partial charge in [0.25, 0.3) is 5.91 Å². The molecule has 7 atom stereocenters. The van der Waals surface area contributed by atoms with Crippen LogP contribution < -0.4 is 22.2 Å². The number of aliphatic hydroxyl groups excluding tert-OH is 2. The molecule has 1 aromatic heterocycles. The van der Waals surface area contributed by atoms with Gasteiger partial charge in [0.1, 0.15) is 23.8 Å². The molecule has 0 spiro atoms. The topological polar surface area (TPSA) is 271 Å². The van der Waals surface area contributed by atoms with Gasteiger partial charge in [-0.05, 0) is 175 Å². The predicted molar refractivity (Wildman–Crippen MR) is 312 cm³/mol. The van der Waals surface area contributed by atoms with Crippen molar-refractivity contribution in [2.24, 2.45) is 11.5 Å². The highest BCUT2D eigenvalue weighted by atomic mass is 19.1. The fraction of sp³-hybridized carbons (Fsp3) is 0.727. The number of aromatic nitrogens is 1. The third-order valence-corrected chi connectivity index (χ3v) is 13.3. The van der Waals surface area contributed by atoms with Gasteiger partial charge in [-0.1, -0.05) is 13.5 Å². The molecule has 5 rings (SSSR count). The minimum Gasteiger partial charge on any atom is -0.503 e. The molecule has 451 valence electrons. The van der Waals surface area contributed by atoms with Gasteiger partial charge in [-0.3, -0.25) is 29.0 Å². The van der Waals surface area contributed by atoms with Crippen LogP contribution in [0.2, 0.25) is 0 Å². The molecule has 1 aromatic carbocycles. The molecule has 78 heavy (non-hydrogen) atoms. The molecule has 9 N–H and O–H groups in total. The number of aromatic hydroxyl groups is 1. The predicted octanol–water partition coefficient (Wildman–Crippen LogP) is 3.84. The molecular weight excluding hydrogens is 1010 g/mol. The zero-order valence-electron chi connectivity index (χ0n) is 49.9. The molecule has 3 aliphatic rings. The standard InChI is InChI=1S/C22H23F2N3O4.C6H16N2.C6H12N2.C5H14N2.C5H11NO2.C5H13NO.C4H8O.CH4O.CH4.B/c1-12-7-8-27-18(25(12)2)11-26-10-15(20(29)21(30)19(26)22(27)31)17(28)6-4-13-3-5-14(23)9-16(13)24;2*1-6(4-5-7)8(2)3;1-5(7-2)3-4-6;1-4(5(7)8)6(2)3;1-5(4-7)6(2)3;1-2-4-5-3-1;1-2;;/h3,5,9-10,12,18,30H,4,6-8,11H2,1-2H3;6H,4-5,7H2,1-3H3;6H,4H2,1-3H3;5,7H,3-4,6H2,1-2H3;4H,1-3H3,(H,7,8);5,7H,4H2,1-3H3;1-4H2;2H,1H3;1H4;/t12-,18?;2*6-;5-;4-;5-;;;;/m000000..../s1. The molecule has 4 heterocycles. The summed E-state index contributed by atoms with van der Waals surface area (Å²) in [5, 5.41) is 45.5. The van der Waals surface area contributed by atoms with E-state index in [9.17, 15) is 33.1 Å². The van der Waals surface area contributed by atoms with Crippen molar-refractivity contribution in [3.05, 3.63) is 63.1 Å². The highest BCUT2D eigenvalue weighted by Crippen LogP contribution is 2.29. The Hall–Kier alpha value is -4.45. The van der Waals surface area contributed by atoms with Gasteiger partial charge >= 0.3 is 5.97 Å². The van der Waals surface area contributed by atoms with Crippen LogP contribution in [0.15, 0.2) is 29.2 Å². The first-order valence-corrected chi connectivity index (χ1v) is 26.0. The lowest BCUT2D eigenvalue weighted by Crippen LogP contribution is -2.62. The van der Waals surface area contributed by atoms with Crippen LogP contribution in [0.25, 0.3) is 0 Å². The number of ketones is 1. The number of aryl methyl sites for hydroxylation is 1. The minimum absolute atomic E-state index is 0. The Morgan fingerprint density at radius 3 is 1.76 bits per heavy atom. The second-order valence-electron chi connectivity index (χ2n) is 19.8. The van der Waals surface area contributed by atoms with Gasteiger partial charge in [0.05, 0.1) is 31.2 Å². The Morgan fingerprint density at radius 2 is 1.42 bits per heavy atom. The molecule has 2 aromatic rings. The monoisotopic (exact) mass is 1110 g/mol. The number of likely N-dealkylation sites (N-methyl/N-ethyl adjacent to an activating group) is 3. The maximum atomic E-state index is 13.8. The van der Waals surface area contributed by atoms with E-state index in [1.54, 1.807) is 30.8 Å². The number of carbonyl (C=O) groups excluding carboxylic acids is 2. The highest BCUT2D eigenvalue weighted by molar-refractivity contribution is 6.00. The average molecular weight is 1110 g/mol. The van der Waals surface area contributed by atoms with E-state index >= 15 is 0 Å². The summed E-state index contributed by atoms with van der Waals surface area (Å²) in [6.45, 7) is 16.6. The molecule has 20 nitrogen and oxygen atoms in total. The van der Waals surface area contributed by atoms with Gasteiger partial charge in [0.15, 0.2) is 17.2 Å². The van der Waals surface area contributed by atoms with Crippen molar-refractivity contribution < 1.29 is 48.3 Å². The number of nitrogens with one attached hydrogen (secondary N) is 1. The number of rotatable bonds is 16. The van der Waals surface area contributed by atoms with Crippen LogP contribution in [0.1, 0.15) is 120 Å². The van der Waals surface area contributed by atoms with Gasteiger partial charge in [-0.15, -0.1) is 0 Å². The molecule has 2 saturated heterocycles. The first-order valence-electron chi connectivity index (χ1n) is 26.0. The fourth-order valence-electron chi connectivity index (χ4n) is 6.40. The Balaban J connectivity index is -0.000000310. The number of nitrogens with two attached hydrogens (primary N) is 2. The Morgan fingerprint density at radius 1 is 0.897 bits per heavy atom. The van der Waals surface area contributed by atoms with Crippen LogP contribution in [0.4, 0.5) is 8.78 Å².